The van der Waals surface area contributed by atoms with Crippen molar-refractivity contribution in [3.05, 3.63) is 35.9 Å². The predicted octanol–water partition coefficient (Wildman–Crippen LogP) is 3.98. The summed E-state index contributed by atoms with van der Waals surface area (Å²) >= 11 is 0. The highest BCUT2D eigenvalue weighted by molar-refractivity contribution is 6.78. The highest BCUT2D eigenvalue weighted by Crippen LogP contribution is 2.32. The van der Waals surface area contributed by atoms with Crippen molar-refractivity contribution in [3.63, 3.8) is 0 Å². The number of hydrogen-bond donors (Lipinski definition) is 1. The first-order chi connectivity index (χ1) is 10.8. The van der Waals surface area contributed by atoms with Crippen molar-refractivity contribution < 1.29 is 14.6 Å². The fraction of sp³-hybridized carbons (Fsp3) is 0.579. The first kappa shape index (κ1) is 18.2. The van der Waals surface area contributed by atoms with Gasteiger partial charge in [-0.15, -0.1) is 0 Å². The fourth-order valence-electron chi connectivity index (χ4n) is 2.73. The lowest BCUT2D eigenvalue weighted by Gasteiger charge is -2.28. The van der Waals surface area contributed by atoms with Gasteiger partial charge in [0, 0.05) is 12.0 Å². The lowest BCUT2D eigenvalue weighted by atomic mass is 10.1. The largest absolute Gasteiger partial charge is 0.376 e. The third-order valence-electron chi connectivity index (χ3n) is 4.34. The van der Waals surface area contributed by atoms with Gasteiger partial charge in [0.25, 0.3) is 0 Å². The normalized spacial score (nSPS) is 19.7. The van der Waals surface area contributed by atoms with Gasteiger partial charge in [0.2, 0.25) is 0 Å². The molecule has 1 fully saturated rings. The van der Waals surface area contributed by atoms with Crippen LogP contribution in [0.15, 0.2) is 30.3 Å². The Kier molecular flexibility index (Phi) is 6.04. The first-order valence-electron chi connectivity index (χ1n) is 8.32. The second kappa shape index (κ2) is 7.63. The first-order valence-corrected chi connectivity index (χ1v) is 11.9. The van der Waals surface area contributed by atoms with E-state index in [-0.39, 0.29) is 0 Å². The Morgan fingerprint density at radius 2 is 1.74 bits per heavy atom. The van der Waals surface area contributed by atoms with E-state index in [9.17, 15) is 5.11 Å². The molecule has 126 valence electrons. The molecular weight excluding hydrogens is 304 g/mol. The van der Waals surface area contributed by atoms with Gasteiger partial charge in [-0.3, -0.25) is 0 Å². The Morgan fingerprint density at radius 1 is 1.13 bits per heavy atom. The summed E-state index contributed by atoms with van der Waals surface area (Å²) in [6.45, 7) is 10.3. The third kappa shape index (κ3) is 5.47. The maximum Gasteiger partial charge on any atom is 0.165 e. The molecular formula is C19H28O3Si. The maximum atomic E-state index is 10.3. The molecule has 1 aromatic rings. The molecule has 2 unspecified atom stereocenters. The molecule has 1 N–H and O–H groups in total. The summed E-state index contributed by atoms with van der Waals surface area (Å²) in [4.78, 5) is 0. The Bertz CT molecular complexity index is 547. The Morgan fingerprint density at radius 3 is 2.30 bits per heavy atom. The fourth-order valence-corrected chi connectivity index (χ4v) is 4.25. The third-order valence-corrected chi connectivity index (χ3v) is 6.86. The zero-order chi connectivity index (χ0) is 16.9. The SMILES string of the molecule is CC1(CCC(C#CC(O)c2ccccc2)[Si](C)(C)C)OCCO1. The monoisotopic (exact) mass is 332 g/mol. The smallest absolute Gasteiger partial charge is 0.165 e. The van der Waals surface area contributed by atoms with Gasteiger partial charge >= 0.3 is 0 Å². The van der Waals surface area contributed by atoms with E-state index in [1.54, 1.807) is 0 Å². The van der Waals surface area contributed by atoms with E-state index < -0.39 is 20.0 Å². The molecule has 0 aromatic heterocycles. The molecule has 1 saturated heterocycles. The van der Waals surface area contributed by atoms with E-state index >= 15 is 0 Å². The average Bonchev–Trinajstić information content (AvgIpc) is 2.93. The van der Waals surface area contributed by atoms with E-state index in [4.69, 9.17) is 9.47 Å². The van der Waals surface area contributed by atoms with E-state index in [0.29, 0.717) is 18.8 Å². The zero-order valence-electron chi connectivity index (χ0n) is 14.6. The molecule has 0 amide bonds. The van der Waals surface area contributed by atoms with Crippen molar-refractivity contribution in [3.8, 4) is 11.8 Å². The highest BCUT2D eigenvalue weighted by atomic mass is 28.3. The van der Waals surface area contributed by atoms with Crippen LogP contribution in [-0.2, 0) is 9.47 Å². The van der Waals surface area contributed by atoms with Crippen LogP contribution >= 0.6 is 0 Å². The second-order valence-electron chi connectivity index (χ2n) is 7.39. The number of aliphatic hydroxyl groups excluding tert-OH is 1. The van der Waals surface area contributed by atoms with Crippen LogP contribution in [0.3, 0.4) is 0 Å². The van der Waals surface area contributed by atoms with Crippen molar-refractivity contribution in [1.82, 2.24) is 0 Å². The number of rotatable bonds is 5. The van der Waals surface area contributed by atoms with Gasteiger partial charge in [-0.25, -0.2) is 0 Å². The van der Waals surface area contributed by atoms with Crippen LogP contribution in [0.2, 0.25) is 25.2 Å². The van der Waals surface area contributed by atoms with Gasteiger partial charge in [0.1, 0.15) is 6.10 Å². The molecule has 0 aliphatic carbocycles. The molecule has 1 aliphatic heterocycles. The van der Waals surface area contributed by atoms with Crippen molar-refractivity contribution in [2.75, 3.05) is 13.2 Å². The van der Waals surface area contributed by atoms with E-state index in [1.165, 1.54) is 0 Å². The minimum atomic E-state index is -1.46. The van der Waals surface area contributed by atoms with E-state index in [2.05, 4.69) is 31.5 Å². The predicted molar refractivity (Wildman–Crippen MR) is 95.8 cm³/mol. The average molecular weight is 333 g/mol. The summed E-state index contributed by atoms with van der Waals surface area (Å²) in [5.41, 5.74) is 1.16. The number of aliphatic hydroxyl groups is 1. The minimum absolute atomic E-state index is 0.311. The molecule has 1 aliphatic rings. The molecule has 1 heterocycles. The van der Waals surface area contributed by atoms with Crippen LogP contribution in [0.5, 0.6) is 0 Å². The summed E-state index contributed by atoms with van der Waals surface area (Å²) in [5.74, 6) is 5.94. The number of hydrogen-bond acceptors (Lipinski definition) is 3. The van der Waals surface area contributed by atoms with Crippen LogP contribution in [0, 0.1) is 11.8 Å². The maximum absolute atomic E-state index is 10.3. The van der Waals surface area contributed by atoms with Gasteiger partial charge in [0.15, 0.2) is 5.79 Å². The Labute approximate surface area is 141 Å². The van der Waals surface area contributed by atoms with Crippen LogP contribution in [-0.4, -0.2) is 32.2 Å². The van der Waals surface area contributed by atoms with Crippen LogP contribution in [0.25, 0.3) is 0 Å². The number of ether oxygens (including phenoxy) is 2. The number of benzene rings is 1. The summed E-state index contributed by atoms with van der Waals surface area (Å²) in [6.07, 6.45) is 1.07. The molecule has 23 heavy (non-hydrogen) atoms. The van der Waals surface area contributed by atoms with Crippen molar-refractivity contribution in [2.24, 2.45) is 0 Å². The van der Waals surface area contributed by atoms with E-state index in [1.807, 2.05) is 37.3 Å². The Balaban J connectivity index is 2.03. The Hall–Kier alpha value is -1.12. The second-order valence-corrected chi connectivity index (χ2v) is 12.8. The molecule has 2 atom stereocenters. The minimum Gasteiger partial charge on any atom is -0.376 e. The lowest BCUT2D eigenvalue weighted by molar-refractivity contribution is -0.147. The molecule has 3 nitrogen and oxygen atoms in total. The van der Waals surface area contributed by atoms with Crippen LogP contribution < -0.4 is 0 Å². The molecule has 0 bridgehead atoms. The quantitative estimate of drug-likeness (QED) is 0.655. The molecule has 0 spiro atoms. The zero-order valence-corrected chi connectivity index (χ0v) is 15.6. The van der Waals surface area contributed by atoms with Gasteiger partial charge in [0.05, 0.1) is 21.3 Å². The van der Waals surface area contributed by atoms with Gasteiger partial charge < -0.3 is 14.6 Å². The van der Waals surface area contributed by atoms with Crippen molar-refractivity contribution in [1.29, 1.82) is 0 Å². The molecule has 0 saturated carbocycles. The van der Waals surface area contributed by atoms with Crippen LogP contribution in [0.4, 0.5) is 0 Å². The summed E-state index contributed by atoms with van der Waals surface area (Å²) in [5, 5.41) is 10.3. The summed E-state index contributed by atoms with van der Waals surface area (Å²) in [7, 11) is -1.46. The van der Waals surface area contributed by atoms with Gasteiger partial charge in [-0.05, 0) is 18.9 Å². The van der Waals surface area contributed by atoms with Gasteiger partial charge in [-0.1, -0.05) is 61.8 Å². The van der Waals surface area contributed by atoms with Gasteiger partial charge in [-0.2, -0.15) is 0 Å². The lowest BCUT2D eigenvalue weighted by Crippen LogP contribution is -2.31. The summed E-state index contributed by atoms with van der Waals surface area (Å²) in [6, 6.07) is 9.60. The molecule has 2 rings (SSSR count). The van der Waals surface area contributed by atoms with Crippen molar-refractivity contribution >= 4 is 8.07 Å². The topological polar surface area (TPSA) is 38.7 Å². The van der Waals surface area contributed by atoms with Crippen LogP contribution in [0.1, 0.15) is 31.4 Å². The van der Waals surface area contributed by atoms with Crippen molar-refractivity contribution in [2.45, 2.75) is 56.8 Å². The van der Waals surface area contributed by atoms with E-state index in [0.717, 1.165) is 18.4 Å². The summed E-state index contributed by atoms with van der Waals surface area (Å²) < 4.78 is 11.4. The standard InChI is InChI=1S/C19H28O3Si/c1-19(21-14-15-22-19)13-12-17(23(2,3)4)10-11-18(20)16-8-6-5-7-9-16/h5-9,17-18,20H,12-15H2,1-4H3. The molecule has 0 radical (unpaired) electrons. The highest BCUT2D eigenvalue weighted by Gasteiger charge is 2.34. The molecule has 4 heteroatoms. The molecule has 1 aromatic carbocycles.